The lowest BCUT2D eigenvalue weighted by molar-refractivity contribution is -0.139. The molecule has 0 bridgehead atoms. The van der Waals surface area contributed by atoms with Gasteiger partial charge in [-0.05, 0) is 108 Å². The van der Waals surface area contributed by atoms with Crippen molar-refractivity contribution >= 4 is 34.7 Å². The second kappa shape index (κ2) is 13.0. The lowest BCUT2D eigenvalue weighted by Gasteiger charge is -2.25. The third kappa shape index (κ3) is 5.74. The van der Waals surface area contributed by atoms with E-state index >= 15 is 0 Å². The molecule has 1 aromatic carbocycles. The number of thiophene rings is 1. The number of aryl methyl sites for hydroxylation is 2. The van der Waals surface area contributed by atoms with Gasteiger partial charge in [0.1, 0.15) is 11.1 Å². The zero-order chi connectivity index (χ0) is 33.6. The smallest absolute Gasteiger partial charge is 0.338 e. The molecule has 4 heterocycles. The molecule has 0 spiro atoms. The maximum atomic E-state index is 14.3. The summed E-state index contributed by atoms with van der Waals surface area (Å²) in [5, 5.41) is 11.1. The Labute approximate surface area is 281 Å². The highest BCUT2D eigenvalue weighted by Crippen LogP contribution is 2.39. The van der Waals surface area contributed by atoms with Crippen LogP contribution >= 0.6 is 22.7 Å². The molecule has 0 saturated heterocycles. The fraction of sp³-hybridized carbons (Fsp3) is 0.389. The Morgan fingerprint density at radius 3 is 2.62 bits per heavy atom. The molecule has 1 aliphatic heterocycles. The number of methoxy groups -OCH3 is 1. The number of fused-ring (bicyclic) bond motifs is 2. The lowest BCUT2D eigenvalue weighted by atomic mass is 9.95. The first-order valence-electron chi connectivity index (χ1n) is 15.9. The lowest BCUT2D eigenvalue weighted by Crippen LogP contribution is -2.40. The maximum Gasteiger partial charge on any atom is 0.338 e. The van der Waals surface area contributed by atoms with Crippen LogP contribution in [0, 0.1) is 25.2 Å². The quantitative estimate of drug-likeness (QED) is 0.219. The van der Waals surface area contributed by atoms with E-state index in [4.69, 9.17) is 19.2 Å². The van der Waals surface area contributed by atoms with E-state index in [9.17, 15) is 14.9 Å². The van der Waals surface area contributed by atoms with Gasteiger partial charge in [0.05, 0.1) is 47.2 Å². The fourth-order valence-corrected chi connectivity index (χ4v) is 9.01. The number of carbonyl (C=O) groups excluding carboxylic acids is 1. The molecule has 0 unspecified atom stereocenters. The fourth-order valence-electron chi connectivity index (χ4n) is 6.52. The second-order valence-electron chi connectivity index (χ2n) is 12.0. The topological polar surface area (TPSA) is 108 Å². The van der Waals surface area contributed by atoms with Crippen molar-refractivity contribution in [2.75, 3.05) is 13.7 Å². The number of thiazole rings is 1. The number of nitriles is 1. The van der Waals surface area contributed by atoms with Crippen molar-refractivity contribution in [3.8, 4) is 22.6 Å². The van der Waals surface area contributed by atoms with Crippen molar-refractivity contribution in [3.05, 3.63) is 93.7 Å². The average Bonchev–Trinajstić information content (AvgIpc) is 3.65. The first-order chi connectivity index (χ1) is 22.6. The van der Waals surface area contributed by atoms with E-state index in [0.29, 0.717) is 37.7 Å². The minimum Gasteiger partial charge on any atom is -0.493 e. The molecule has 9 nitrogen and oxygen atoms in total. The SMILES string of the molecule is CCOC(=O)C1=C(C)N=c2s/c(=C\c3cc(C)n(-c4sc5c(c4C#N)CCCC5)c3C)c(=O)n2[C@H]1c1ccc(OC(C)C)c(OC)c1. The van der Waals surface area contributed by atoms with Crippen molar-refractivity contribution in [1.29, 1.82) is 5.26 Å². The number of nitrogens with zero attached hydrogens (tertiary/aromatic N) is 4. The van der Waals surface area contributed by atoms with Gasteiger partial charge in [0.25, 0.3) is 5.56 Å². The Morgan fingerprint density at radius 2 is 1.91 bits per heavy atom. The summed E-state index contributed by atoms with van der Waals surface area (Å²) in [6, 6.07) is 9.21. The highest BCUT2D eigenvalue weighted by atomic mass is 32.1. The van der Waals surface area contributed by atoms with E-state index in [1.54, 1.807) is 49.0 Å². The van der Waals surface area contributed by atoms with Gasteiger partial charge in [0.2, 0.25) is 0 Å². The van der Waals surface area contributed by atoms with E-state index in [2.05, 4.69) is 16.7 Å². The molecule has 47 heavy (non-hydrogen) atoms. The van der Waals surface area contributed by atoms with Crippen LogP contribution in [-0.2, 0) is 22.4 Å². The van der Waals surface area contributed by atoms with Crippen molar-refractivity contribution < 1.29 is 19.0 Å². The number of ether oxygens (including phenoxy) is 3. The van der Waals surface area contributed by atoms with Crippen LogP contribution in [0.4, 0.5) is 0 Å². The molecular weight excluding hydrogens is 633 g/mol. The number of aromatic nitrogens is 2. The van der Waals surface area contributed by atoms with Crippen molar-refractivity contribution in [1.82, 2.24) is 9.13 Å². The van der Waals surface area contributed by atoms with Crippen molar-refractivity contribution in [3.63, 3.8) is 0 Å². The first kappa shape index (κ1) is 32.5. The molecule has 4 aromatic rings. The zero-order valence-electron chi connectivity index (χ0n) is 27.7. The largest absolute Gasteiger partial charge is 0.493 e. The Hall–Kier alpha value is -4.40. The number of allylic oxidation sites excluding steroid dienone is 1. The van der Waals surface area contributed by atoms with E-state index < -0.39 is 12.0 Å². The Balaban J connectivity index is 1.51. The zero-order valence-corrected chi connectivity index (χ0v) is 29.4. The molecule has 244 valence electrons. The van der Waals surface area contributed by atoms with Gasteiger partial charge in [-0.25, -0.2) is 9.79 Å². The summed E-state index contributed by atoms with van der Waals surface area (Å²) in [7, 11) is 1.56. The number of rotatable bonds is 8. The monoisotopic (exact) mass is 670 g/mol. The number of hydrogen-bond donors (Lipinski definition) is 0. The maximum absolute atomic E-state index is 14.3. The summed E-state index contributed by atoms with van der Waals surface area (Å²) in [6.45, 7) is 11.6. The van der Waals surface area contributed by atoms with E-state index in [1.807, 2.05) is 39.8 Å². The Kier molecular flexibility index (Phi) is 9.01. The minimum atomic E-state index is -0.780. The van der Waals surface area contributed by atoms with Crippen molar-refractivity contribution in [2.24, 2.45) is 4.99 Å². The molecule has 0 saturated carbocycles. The van der Waals surface area contributed by atoms with Crippen molar-refractivity contribution in [2.45, 2.75) is 79.4 Å². The summed E-state index contributed by atoms with van der Waals surface area (Å²) in [5.74, 6) is 0.541. The summed E-state index contributed by atoms with van der Waals surface area (Å²) >= 11 is 2.99. The van der Waals surface area contributed by atoms with Crippen LogP contribution in [0.1, 0.15) is 85.1 Å². The standard InChI is InChI=1S/C36H38N4O5S2/c1-8-44-35(42)31-21(5)38-36-40(32(31)23-13-14-27(45-19(2)3)28(16-23)43-7)33(41)30(47-36)17-24-15-20(4)39(22(24)6)34-26(18-37)25-11-9-10-12-29(25)46-34/h13-17,19,32H,8-12H2,1-7H3/b30-17-/t32-/m0/s1. The van der Waals surface area contributed by atoms with Crippen LogP contribution in [0.15, 0.2) is 45.3 Å². The minimum absolute atomic E-state index is 0.0664. The molecule has 0 radical (unpaired) electrons. The molecule has 0 N–H and O–H groups in total. The molecule has 1 atom stereocenters. The molecular formula is C36H38N4O5S2. The van der Waals surface area contributed by atoms with Crippen LogP contribution in [0.5, 0.6) is 11.5 Å². The van der Waals surface area contributed by atoms with E-state index in [1.165, 1.54) is 21.8 Å². The third-order valence-corrected chi connectivity index (χ3v) is 10.9. The molecule has 11 heteroatoms. The number of esters is 1. The number of carbonyl (C=O) groups is 1. The summed E-state index contributed by atoms with van der Waals surface area (Å²) in [6.07, 6.45) is 6.03. The second-order valence-corrected chi connectivity index (χ2v) is 14.1. The third-order valence-electron chi connectivity index (χ3n) is 8.61. The summed E-state index contributed by atoms with van der Waals surface area (Å²) in [4.78, 5) is 34.2. The first-order valence-corrected chi connectivity index (χ1v) is 17.5. The molecule has 1 aliphatic carbocycles. The van der Waals surface area contributed by atoms with E-state index in [0.717, 1.165) is 53.2 Å². The molecule has 0 amide bonds. The van der Waals surface area contributed by atoms with Gasteiger partial charge in [-0.2, -0.15) is 5.26 Å². The normalized spacial score (nSPS) is 16.1. The molecule has 2 aliphatic rings. The molecule has 0 fully saturated rings. The van der Waals surface area contributed by atoms with Crippen LogP contribution in [-0.4, -0.2) is 34.9 Å². The predicted octanol–water partition coefficient (Wildman–Crippen LogP) is 5.81. The van der Waals surface area contributed by atoms with Crippen LogP contribution < -0.4 is 24.4 Å². The van der Waals surface area contributed by atoms with Gasteiger partial charge >= 0.3 is 5.97 Å². The van der Waals surface area contributed by atoms with Gasteiger partial charge in [-0.15, -0.1) is 11.3 Å². The molecule has 6 rings (SSSR count). The van der Waals surface area contributed by atoms with Gasteiger partial charge in [-0.3, -0.25) is 9.36 Å². The Morgan fingerprint density at radius 1 is 1.15 bits per heavy atom. The van der Waals surface area contributed by atoms with Gasteiger partial charge in [-0.1, -0.05) is 17.4 Å². The highest BCUT2D eigenvalue weighted by molar-refractivity contribution is 7.15. The Bertz CT molecular complexity index is 2160. The summed E-state index contributed by atoms with van der Waals surface area (Å²) < 4.78 is 21.3. The highest BCUT2D eigenvalue weighted by Gasteiger charge is 2.34. The van der Waals surface area contributed by atoms with Crippen LogP contribution in [0.25, 0.3) is 11.1 Å². The van der Waals surface area contributed by atoms with Gasteiger partial charge in [0, 0.05) is 16.3 Å². The van der Waals surface area contributed by atoms with Crippen LogP contribution in [0.2, 0.25) is 0 Å². The predicted molar refractivity (Wildman–Crippen MR) is 184 cm³/mol. The molecule has 3 aromatic heterocycles. The van der Waals surface area contributed by atoms with E-state index in [-0.39, 0.29) is 18.3 Å². The number of hydrogen-bond acceptors (Lipinski definition) is 9. The van der Waals surface area contributed by atoms with Crippen LogP contribution in [0.3, 0.4) is 0 Å². The van der Waals surface area contributed by atoms with Gasteiger partial charge < -0.3 is 18.8 Å². The summed E-state index contributed by atoms with van der Waals surface area (Å²) in [5.41, 5.74) is 5.99. The average molecular weight is 671 g/mol. The number of benzene rings is 1. The van der Waals surface area contributed by atoms with Gasteiger partial charge in [0.15, 0.2) is 16.3 Å².